The van der Waals surface area contributed by atoms with Crippen molar-refractivity contribution >= 4 is 11.3 Å². The number of rotatable bonds is 3. The van der Waals surface area contributed by atoms with E-state index in [1.54, 1.807) is 0 Å². The molecular weight excluding hydrogens is 216 g/mol. The molecule has 0 aliphatic carbocycles. The van der Waals surface area contributed by atoms with Crippen LogP contribution in [-0.2, 0) is 0 Å². The molecule has 1 aliphatic heterocycles. The molecule has 2 nitrogen and oxygen atoms in total. The molecule has 0 bridgehead atoms. The minimum absolute atomic E-state index is 0.501. The first-order valence-corrected chi connectivity index (χ1v) is 7.04. The molecule has 1 fully saturated rings. The van der Waals surface area contributed by atoms with Gasteiger partial charge in [-0.05, 0) is 51.7 Å². The van der Waals surface area contributed by atoms with Gasteiger partial charge in [0.15, 0.2) is 0 Å². The second kappa shape index (κ2) is 5.30. The highest BCUT2D eigenvalue weighted by molar-refractivity contribution is 7.10. The summed E-state index contributed by atoms with van der Waals surface area (Å²) in [5.74, 6) is 0. The third-order valence-electron chi connectivity index (χ3n) is 3.66. The Morgan fingerprint density at radius 1 is 1.56 bits per heavy atom. The lowest BCUT2D eigenvalue weighted by molar-refractivity contribution is 0.164. The lowest BCUT2D eigenvalue weighted by Crippen LogP contribution is -2.46. The van der Waals surface area contributed by atoms with E-state index in [-0.39, 0.29) is 0 Å². The van der Waals surface area contributed by atoms with Crippen LogP contribution in [0.3, 0.4) is 0 Å². The average molecular weight is 238 g/mol. The van der Waals surface area contributed by atoms with Crippen molar-refractivity contribution in [2.75, 3.05) is 13.6 Å². The molecule has 1 saturated heterocycles. The van der Waals surface area contributed by atoms with E-state index in [9.17, 15) is 0 Å². The highest BCUT2D eigenvalue weighted by atomic mass is 32.1. The van der Waals surface area contributed by atoms with E-state index in [1.807, 2.05) is 11.3 Å². The summed E-state index contributed by atoms with van der Waals surface area (Å²) in [6, 6.07) is 6.25. The number of hydrogen-bond donors (Lipinski definition) is 1. The van der Waals surface area contributed by atoms with Crippen molar-refractivity contribution in [3.63, 3.8) is 0 Å². The average Bonchev–Trinajstić information content (AvgIpc) is 2.77. The molecule has 90 valence electrons. The van der Waals surface area contributed by atoms with Gasteiger partial charge < -0.3 is 10.2 Å². The van der Waals surface area contributed by atoms with Crippen LogP contribution in [0, 0.1) is 0 Å². The summed E-state index contributed by atoms with van der Waals surface area (Å²) >= 11 is 1.85. The molecule has 1 N–H and O–H groups in total. The first kappa shape index (κ1) is 12.1. The van der Waals surface area contributed by atoms with Crippen molar-refractivity contribution in [1.29, 1.82) is 0 Å². The van der Waals surface area contributed by atoms with E-state index in [0.717, 1.165) is 0 Å². The zero-order valence-electron chi connectivity index (χ0n) is 10.4. The maximum atomic E-state index is 3.76. The summed E-state index contributed by atoms with van der Waals surface area (Å²) < 4.78 is 0. The Morgan fingerprint density at radius 2 is 2.38 bits per heavy atom. The van der Waals surface area contributed by atoms with Gasteiger partial charge in [0.1, 0.15) is 0 Å². The lowest BCUT2D eigenvalue weighted by atomic mass is 9.98. The van der Waals surface area contributed by atoms with E-state index < -0.39 is 0 Å². The Hall–Kier alpha value is -0.380. The Morgan fingerprint density at radius 3 is 3.00 bits per heavy atom. The van der Waals surface area contributed by atoms with Crippen LogP contribution in [0.15, 0.2) is 17.5 Å². The maximum Gasteiger partial charge on any atom is 0.0388 e. The first-order valence-electron chi connectivity index (χ1n) is 6.16. The molecular formula is C13H22N2S. The number of nitrogens with zero attached hydrogens (tertiary/aromatic N) is 1. The summed E-state index contributed by atoms with van der Waals surface area (Å²) in [5.41, 5.74) is 0. The number of thiophene rings is 1. The van der Waals surface area contributed by atoms with Crippen LogP contribution in [0.2, 0.25) is 0 Å². The first-order chi connectivity index (χ1) is 7.66. The number of likely N-dealkylation sites (tertiary alicyclic amines) is 1. The Balaban J connectivity index is 1.86. The van der Waals surface area contributed by atoms with Gasteiger partial charge in [0.2, 0.25) is 0 Å². The highest BCUT2D eigenvalue weighted by Gasteiger charge is 2.23. The van der Waals surface area contributed by atoms with Crippen molar-refractivity contribution in [3.8, 4) is 0 Å². The van der Waals surface area contributed by atoms with Crippen LogP contribution >= 0.6 is 11.3 Å². The van der Waals surface area contributed by atoms with Gasteiger partial charge in [0.25, 0.3) is 0 Å². The topological polar surface area (TPSA) is 15.3 Å². The van der Waals surface area contributed by atoms with E-state index in [2.05, 4.69) is 48.6 Å². The van der Waals surface area contributed by atoms with Crippen molar-refractivity contribution in [3.05, 3.63) is 22.4 Å². The summed E-state index contributed by atoms with van der Waals surface area (Å²) in [7, 11) is 2.23. The third-order valence-corrected chi connectivity index (χ3v) is 4.72. The van der Waals surface area contributed by atoms with Crippen LogP contribution in [0.25, 0.3) is 0 Å². The molecule has 1 aromatic rings. The van der Waals surface area contributed by atoms with Gasteiger partial charge in [-0.15, -0.1) is 11.3 Å². The van der Waals surface area contributed by atoms with Gasteiger partial charge >= 0.3 is 0 Å². The van der Waals surface area contributed by atoms with Gasteiger partial charge in [-0.3, -0.25) is 0 Å². The van der Waals surface area contributed by atoms with E-state index >= 15 is 0 Å². The van der Waals surface area contributed by atoms with Crippen LogP contribution in [-0.4, -0.2) is 30.6 Å². The lowest BCUT2D eigenvalue weighted by Gasteiger charge is -2.36. The Bertz CT molecular complexity index is 310. The molecule has 1 aliphatic rings. The molecule has 3 atom stereocenters. The largest absolute Gasteiger partial charge is 0.307 e. The van der Waals surface area contributed by atoms with Gasteiger partial charge in [-0.1, -0.05) is 6.07 Å². The monoisotopic (exact) mass is 238 g/mol. The molecule has 2 heterocycles. The fourth-order valence-electron chi connectivity index (χ4n) is 2.41. The number of piperidine rings is 1. The minimum Gasteiger partial charge on any atom is -0.307 e. The maximum absolute atomic E-state index is 3.76. The molecule has 1 aromatic heterocycles. The summed E-state index contributed by atoms with van der Waals surface area (Å²) in [6.07, 6.45) is 2.54. The van der Waals surface area contributed by atoms with Crippen LogP contribution in [0.4, 0.5) is 0 Å². The summed E-state index contributed by atoms with van der Waals surface area (Å²) in [4.78, 5) is 3.90. The predicted molar refractivity (Wildman–Crippen MR) is 71.0 cm³/mol. The Labute approximate surface area is 103 Å². The van der Waals surface area contributed by atoms with Gasteiger partial charge in [0, 0.05) is 23.0 Å². The third kappa shape index (κ3) is 2.84. The van der Waals surface area contributed by atoms with Gasteiger partial charge in [0.05, 0.1) is 0 Å². The molecule has 2 rings (SSSR count). The van der Waals surface area contributed by atoms with Crippen LogP contribution in [0.1, 0.15) is 37.6 Å². The van der Waals surface area contributed by atoms with Gasteiger partial charge in [-0.2, -0.15) is 0 Å². The molecule has 0 spiro atoms. The van der Waals surface area contributed by atoms with Crippen molar-refractivity contribution < 1.29 is 0 Å². The standard InChI is InChI=1S/C13H22N2S/c1-10-9-12(6-7-15(10)3)14-11(2)13-5-4-8-16-13/h4-5,8,10-12,14H,6-7,9H2,1-3H3. The zero-order valence-corrected chi connectivity index (χ0v) is 11.3. The van der Waals surface area contributed by atoms with E-state index in [0.29, 0.717) is 18.1 Å². The highest BCUT2D eigenvalue weighted by Crippen LogP contribution is 2.22. The molecule has 3 heteroatoms. The number of nitrogens with one attached hydrogen (secondary N) is 1. The molecule has 0 aromatic carbocycles. The fourth-order valence-corrected chi connectivity index (χ4v) is 3.16. The van der Waals surface area contributed by atoms with E-state index in [4.69, 9.17) is 0 Å². The summed E-state index contributed by atoms with van der Waals surface area (Å²) in [5, 5.41) is 5.91. The van der Waals surface area contributed by atoms with Gasteiger partial charge in [-0.25, -0.2) is 0 Å². The van der Waals surface area contributed by atoms with Crippen molar-refractivity contribution in [2.45, 2.75) is 44.8 Å². The predicted octanol–water partition coefficient (Wildman–Crippen LogP) is 2.88. The summed E-state index contributed by atoms with van der Waals surface area (Å²) in [6.45, 7) is 5.81. The second-order valence-electron chi connectivity index (χ2n) is 4.95. The van der Waals surface area contributed by atoms with E-state index in [1.165, 1.54) is 24.3 Å². The Kier molecular flexibility index (Phi) is 4.00. The quantitative estimate of drug-likeness (QED) is 0.871. The molecule has 3 unspecified atom stereocenters. The minimum atomic E-state index is 0.501. The van der Waals surface area contributed by atoms with Crippen LogP contribution in [0.5, 0.6) is 0 Å². The second-order valence-corrected chi connectivity index (χ2v) is 5.93. The normalized spacial score (nSPS) is 29.2. The number of hydrogen-bond acceptors (Lipinski definition) is 3. The molecule has 0 amide bonds. The van der Waals surface area contributed by atoms with Crippen molar-refractivity contribution in [2.24, 2.45) is 0 Å². The zero-order chi connectivity index (χ0) is 11.5. The molecule has 0 saturated carbocycles. The SMILES string of the molecule is CC(NC1CCN(C)C(C)C1)c1cccs1. The molecule has 0 radical (unpaired) electrons. The van der Waals surface area contributed by atoms with Crippen molar-refractivity contribution in [1.82, 2.24) is 10.2 Å². The van der Waals surface area contributed by atoms with Crippen LogP contribution < -0.4 is 5.32 Å². The fraction of sp³-hybridized carbons (Fsp3) is 0.692. The smallest absolute Gasteiger partial charge is 0.0388 e. The molecule has 16 heavy (non-hydrogen) atoms.